The molecule has 0 aromatic heterocycles. The molecule has 0 aromatic rings. The Bertz CT molecular complexity index is 1730. The number of carbonyl (C=O) groups excluding carboxylic acids is 3. The second kappa shape index (κ2) is 69.0. The van der Waals surface area contributed by atoms with Crippen molar-refractivity contribution in [3.05, 3.63) is 134 Å². The van der Waals surface area contributed by atoms with Gasteiger partial charge in [0.2, 0.25) is 0 Å². The van der Waals surface area contributed by atoms with E-state index < -0.39 is 6.10 Å². The van der Waals surface area contributed by atoms with Gasteiger partial charge in [-0.25, -0.2) is 0 Å². The van der Waals surface area contributed by atoms with Crippen LogP contribution in [0, 0.1) is 0 Å². The van der Waals surface area contributed by atoms with Crippen molar-refractivity contribution in [2.75, 3.05) is 13.2 Å². The topological polar surface area (TPSA) is 78.9 Å². The number of hydrogen-bond donors (Lipinski definition) is 0. The summed E-state index contributed by atoms with van der Waals surface area (Å²) in [5, 5.41) is 0. The minimum atomic E-state index is -0.795. The van der Waals surface area contributed by atoms with Crippen molar-refractivity contribution < 1.29 is 28.6 Å². The van der Waals surface area contributed by atoms with Crippen LogP contribution in [0.15, 0.2) is 134 Å². The fraction of sp³-hybridized carbons (Fsp3) is 0.671. The summed E-state index contributed by atoms with van der Waals surface area (Å²) in [4.78, 5) is 38.4. The van der Waals surface area contributed by atoms with Gasteiger partial charge in [-0.2, -0.15) is 0 Å². The van der Waals surface area contributed by atoms with Crippen LogP contribution in [0.2, 0.25) is 0 Å². The standard InChI is InChI=1S/C76H126O6/c1-4-7-10-13-16-19-22-25-28-30-32-34-36-37-38-39-41-42-44-46-48-51-54-57-60-63-66-69-75(78)81-72-73(71-80-74(77)68-65-62-59-56-53-50-27-24-21-18-15-12-9-6-3)82-76(79)70-67-64-61-58-55-52-49-47-45-43-40-35-33-31-29-26-23-20-17-14-11-8-5-2/h7-8,10-11,16-17,19-20,24-29,32-35,37-38,43,45,73H,4-6,9,12-15,18,21-23,30-31,36,39-42,44,46-72H2,1-3H3/b10-7-,11-8-,19-16-,20-17-,27-24-,28-25-,29-26-,34-32-,35-33-,38-37-,45-43-. The van der Waals surface area contributed by atoms with Crippen molar-refractivity contribution in [3.8, 4) is 0 Å². The molecular weight excluding hydrogens is 1010 g/mol. The molecule has 0 aliphatic rings. The molecule has 0 heterocycles. The van der Waals surface area contributed by atoms with Gasteiger partial charge in [-0.05, 0) is 135 Å². The monoisotopic (exact) mass is 1130 g/mol. The van der Waals surface area contributed by atoms with E-state index in [-0.39, 0.29) is 31.1 Å². The quantitative estimate of drug-likeness (QED) is 0.0261. The van der Waals surface area contributed by atoms with Crippen molar-refractivity contribution in [3.63, 3.8) is 0 Å². The molecule has 466 valence electrons. The number of unbranched alkanes of at least 4 members (excludes halogenated alkanes) is 28. The van der Waals surface area contributed by atoms with E-state index in [4.69, 9.17) is 14.2 Å². The second-order valence-corrected chi connectivity index (χ2v) is 22.3. The maximum atomic E-state index is 12.9. The first-order valence-corrected chi connectivity index (χ1v) is 34.2. The van der Waals surface area contributed by atoms with E-state index in [2.05, 4.69) is 154 Å². The third-order valence-electron chi connectivity index (χ3n) is 14.4. The zero-order valence-electron chi connectivity index (χ0n) is 53.5. The van der Waals surface area contributed by atoms with E-state index in [1.165, 1.54) is 135 Å². The first kappa shape index (κ1) is 77.5. The van der Waals surface area contributed by atoms with Crippen molar-refractivity contribution in [2.24, 2.45) is 0 Å². The largest absolute Gasteiger partial charge is 0.462 e. The zero-order chi connectivity index (χ0) is 59.2. The number of carbonyl (C=O) groups is 3. The molecule has 0 saturated heterocycles. The van der Waals surface area contributed by atoms with E-state index in [1.807, 2.05) is 0 Å². The number of rotatable bonds is 61. The molecule has 82 heavy (non-hydrogen) atoms. The molecule has 1 atom stereocenters. The Balaban J connectivity index is 4.37. The highest BCUT2D eigenvalue weighted by atomic mass is 16.6. The lowest BCUT2D eigenvalue weighted by molar-refractivity contribution is -0.167. The molecule has 0 aliphatic carbocycles. The van der Waals surface area contributed by atoms with Gasteiger partial charge in [0, 0.05) is 19.3 Å². The van der Waals surface area contributed by atoms with Gasteiger partial charge in [0.1, 0.15) is 13.2 Å². The van der Waals surface area contributed by atoms with E-state index in [0.717, 1.165) is 135 Å². The fourth-order valence-electron chi connectivity index (χ4n) is 9.32. The molecule has 1 unspecified atom stereocenters. The summed E-state index contributed by atoms with van der Waals surface area (Å²) >= 11 is 0. The van der Waals surface area contributed by atoms with Crippen LogP contribution in [0.25, 0.3) is 0 Å². The molecule has 6 nitrogen and oxygen atoms in total. The Hall–Kier alpha value is -4.45. The predicted molar refractivity (Wildman–Crippen MR) is 357 cm³/mol. The van der Waals surface area contributed by atoms with E-state index >= 15 is 0 Å². The molecule has 0 saturated carbocycles. The number of esters is 3. The van der Waals surface area contributed by atoms with Gasteiger partial charge >= 0.3 is 17.9 Å². The van der Waals surface area contributed by atoms with Gasteiger partial charge in [0.25, 0.3) is 0 Å². The normalized spacial score (nSPS) is 13.0. The summed E-state index contributed by atoms with van der Waals surface area (Å²) < 4.78 is 17.0. The molecule has 0 fully saturated rings. The minimum absolute atomic E-state index is 0.0891. The molecule has 0 N–H and O–H groups in total. The van der Waals surface area contributed by atoms with Crippen molar-refractivity contribution in [2.45, 2.75) is 316 Å². The molecule has 0 spiro atoms. The van der Waals surface area contributed by atoms with Crippen LogP contribution in [0.1, 0.15) is 310 Å². The van der Waals surface area contributed by atoms with E-state index in [0.29, 0.717) is 19.3 Å². The highest BCUT2D eigenvalue weighted by Gasteiger charge is 2.19. The third kappa shape index (κ3) is 66.4. The molecular formula is C76H126O6. The first-order valence-electron chi connectivity index (χ1n) is 34.2. The summed E-state index contributed by atoms with van der Waals surface area (Å²) in [6, 6.07) is 0. The molecule has 6 heteroatoms. The summed E-state index contributed by atoms with van der Waals surface area (Å²) in [6.45, 7) is 6.41. The SMILES string of the molecule is CC/C=C\C/C=C\C/C=C\C/C=C\C/C=C\CCCCCCCCCCCCCC(=O)OCC(COC(=O)CCCCCCC/C=C\CCCCCCC)OC(=O)CCCCCCCCC/C=C\C/C=C\C/C=C\C/C=C\C/C=C\CC. The summed E-state index contributed by atoms with van der Waals surface area (Å²) in [5.41, 5.74) is 0. The van der Waals surface area contributed by atoms with Crippen molar-refractivity contribution in [1.29, 1.82) is 0 Å². The van der Waals surface area contributed by atoms with Gasteiger partial charge in [-0.15, -0.1) is 0 Å². The molecule has 0 rings (SSSR count). The molecule has 0 radical (unpaired) electrons. The Morgan fingerprint density at radius 1 is 0.256 bits per heavy atom. The molecule has 0 aliphatic heterocycles. The van der Waals surface area contributed by atoms with Crippen LogP contribution in [0.3, 0.4) is 0 Å². The Morgan fingerprint density at radius 3 is 0.756 bits per heavy atom. The van der Waals surface area contributed by atoms with Crippen molar-refractivity contribution in [1.82, 2.24) is 0 Å². The van der Waals surface area contributed by atoms with Crippen LogP contribution in [0.5, 0.6) is 0 Å². The number of hydrogen-bond acceptors (Lipinski definition) is 6. The van der Waals surface area contributed by atoms with Crippen LogP contribution in [-0.2, 0) is 28.6 Å². The maximum Gasteiger partial charge on any atom is 0.306 e. The fourth-order valence-corrected chi connectivity index (χ4v) is 9.32. The Morgan fingerprint density at radius 2 is 0.476 bits per heavy atom. The number of allylic oxidation sites excluding steroid dienone is 22. The van der Waals surface area contributed by atoms with Gasteiger partial charge < -0.3 is 14.2 Å². The van der Waals surface area contributed by atoms with Crippen LogP contribution < -0.4 is 0 Å². The van der Waals surface area contributed by atoms with Gasteiger partial charge in [-0.1, -0.05) is 289 Å². The highest BCUT2D eigenvalue weighted by Crippen LogP contribution is 2.16. The average molecular weight is 1140 g/mol. The van der Waals surface area contributed by atoms with E-state index in [9.17, 15) is 14.4 Å². The lowest BCUT2D eigenvalue weighted by Gasteiger charge is -2.18. The molecule has 0 aromatic carbocycles. The lowest BCUT2D eigenvalue weighted by Crippen LogP contribution is -2.30. The summed E-state index contributed by atoms with van der Waals surface area (Å²) in [5.74, 6) is -0.905. The van der Waals surface area contributed by atoms with Gasteiger partial charge in [0.15, 0.2) is 6.10 Å². The summed E-state index contributed by atoms with van der Waals surface area (Å²) in [7, 11) is 0. The average Bonchev–Trinajstić information content (AvgIpc) is 3.48. The molecule has 0 amide bonds. The second-order valence-electron chi connectivity index (χ2n) is 22.3. The first-order chi connectivity index (χ1) is 40.5. The maximum absolute atomic E-state index is 12.9. The van der Waals surface area contributed by atoms with Crippen molar-refractivity contribution >= 4 is 17.9 Å². The van der Waals surface area contributed by atoms with Gasteiger partial charge in [0.05, 0.1) is 0 Å². The van der Waals surface area contributed by atoms with Gasteiger partial charge in [-0.3, -0.25) is 14.4 Å². The van der Waals surface area contributed by atoms with Crippen LogP contribution in [0.4, 0.5) is 0 Å². The Labute approximate surface area is 506 Å². The van der Waals surface area contributed by atoms with Crippen LogP contribution >= 0.6 is 0 Å². The molecule has 0 bridgehead atoms. The highest BCUT2D eigenvalue weighted by molar-refractivity contribution is 5.71. The zero-order valence-corrected chi connectivity index (χ0v) is 53.5. The minimum Gasteiger partial charge on any atom is -0.462 e. The number of ether oxygens (including phenoxy) is 3. The smallest absolute Gasteiger partial charge is 0.306 e. The van der Waals surface area contributed by atoms with E-state index in [1.54, 1.807) is 0 Å². The Kier molecular flexibility index (Phi) is 65.3. The van der Waals surface area contributed by atoms with Crippen LogP contribution in [-0.4, -0.2) is 37.2 Å². The predicted octanol–water partition coefficient (Wildman–Crippen LogP) is 23.7. The summed E-state index contributed by atoms with van der Waals surface area (Å²) in [6.07, 6.45) is 97.4. The lowest BCUT2D eigenvalue weighted by atomic mass is 10.0. The third-order valence-corrected chi connectivity index (χ3v) is 14.4.